The van der Waals surface area contributed by atoms with Crippen LogP contribution in [0, 0.1) is 5.41 Å². The van der Waals surface area contributed by atoms with Crippen molar-refractivity contribution in [1.29, 1.82) is 0 Å². The molecule has 0 unspecified atom stereocenters. The van der Waals surface area contributed by atoms with Crippen molar-refractivity contribution in [3.8, 4) is 5.75 Å². The van der Waals surface area contributed by atoms with E-state index in [0.29, 0.717) is 5.41 Å². The standard InChI is InChI=1S/C22H29N3O/c1-26-21-4-2-3-20(15-21)17-25-14-9-22(18-25)7-12-24(13-8-22)16-19-5-10-23-11-6-19/h2-6,10-11,15H,7-9,12-14,16-18H2,1H3. The van der Waals surface area contributed by atoms with Crippen LogP contribution in [-0.2, 0) is 13.1 Å². The Morgan fingerprint density at radius 1 is 0.923 bits per heavy atom. The fourth-order valence-corrected chi connectivity index (χ4v) is 4.53. The largest absolute Gasteiger partial charge is 0.497 e. The van der Waals surface area contributed by atoms with Gasteiger partial charge in [0.2, 0.25) is 0 Å². The molecule has 4 nitrogen and oxygen atoms in total. The average Bonchev–Trinajstić information content (AvgIpc) is 3.07. The molecule has 0 bridgehead atoms. The summed E-state index contributed by atoms with van der Waals surface area (Å²) in [6, 6.07) is 12.8. The van der Waals surface area contributed by atoms with Crippen LogP contribution in [0.2, 0.25) is 0 Å². The zero-order valence-corrected chi connectivity index (χ0v) is 15.7. The first kappa shape index (κ1) is 17.5. The molecule has 2 saturated heterocycles. The number of hydrogen-bond acceptors (Lipinski definition) is 4. The maximum Gasteiger partial charge on any atom is 0.119 e. The van der Waals surface area contributed by atoms with Crippen molar-refractivity contribution in [2.24, 2.45) is 5.41 Å². The number of aromatic nitrogens is 1. The summed E-state index contributed by atoms with van der Waals surface area (Å²) in [4.78, 5) is 9.35. The highest BCUT2D eigenvalue weighted by atomic mass is 16.5. The van der Waals surface area contributed by atoms with Gasteiger partial charge in [0.05, 0.1) is 7.11 Å². The van der Waals surface area contributed by atoms with Crippen LogP contribution in [0.4, 0.5) is 0 Å². The van der Waals surface area contributed by atoms with Crippen molar-refractivity contribution in [1.82, 2.24) is 14.8 Å². The zero-order valence-electron chi connectivity index (χ0n) is 15.7. The second kappa shape index (κ2) is 7.77. The number of hydrogen-bond donors (Lipinski definition) is 0. The Bertz CT molecular complexity index is 710. The number of benzene rings is 1. The van der Waals surface area contributed by atoms with Crippen molar-refractivity contribution in [2.45, 2.75) is 32.4 Å². The lowest BCUT2D eigenvalue weighted by molar-refractivity contribution is 0.102. The van der Waals surface area contributed by atoms with Crippen LogP contribution < -0.4 is 4.74 Å². The predicted octanol–water partition coefficient (Wildman–Crippen LogP) is 3.58. The van der Waals surface area contributed by atoms with Gasteiger partial charge < -0.3 is 4.74 Å². The summed E-state index contributed by atoms with van der Waals surface area (Å²) in [5, 5.41) is 0. The molecule has 2 fully saturated rings. The molecule has 1 spiro atoms. The summed E-state index contributed by atoms with van der Waals surface area (Å²) < 4.78 is 5.36. The van der Waals surface area contributed by atoms with Crippen molar-refractivity contribution >= 4 is 0 Å². The quantitative estimate of drug-likeness (QED) is 0.823. The average molecular weight is 351 g/mol. The molecular weight excluding hydrogens is 322 g/mol. The second-order valence-corrected chi connectivity index (χ2v) is 7.94. The lowest BCUT2D eigenvalue weighted by atomic mass is 9.77. The SMILES string of the molecule is COc1cccc(CN2CCC3(CCN(Cc4ccncc4)CC3)C2)c1. The molecule has 2 aliphatic heterocycles. The Labute approximate surface area is 156 Å². The highest BCUT2D eigenvalue weighted by molar-refractivity contribution is 5.28. The molecule has 2 aliphatic rings. The fraction of sp³-hybridized carbons (Fsp3) is 0.500. The van der Waals surface area contributed by atoms with Crippen LogP contribution in [0.1, 0.15) is 30.4 Å². The van der Waals surface area contributed by atoms with Gasteiger partial charge in [-0.05, 0) is 79.7 Å². The van der Waals surface area contributed by atoms with E-state index in [2.05, 4.69) is 45.1 Å². The topological polar surface area (TPSA) is 28.6 Å². The Hall–Kier alpha value is -1.91. The van der Waals surface area contributed by atoms with Crippen LogP contribution in [-0.4, -0.2) is 48.1 Å². The number of rotatable bonds is 5. The van der Waals surface area contributed by atoms with Crippen LogP contribution in [0.15, 0.2) is 48.8 Å². The van der Waals surface area contributed by atoms with E-state index in [4.69, 9.17) is 4.74 Å². The van der Waals surface area contributed by atoms with Gasteiger partial charge in [-0.1, -0.05) is 12.1 Å². The first-order valence-corrected chi connectivity index (χ1v) is 9.71. The molecule has 0 saturated carbocycles. The number of ether oxygens (including phenoxy) is 1. The Morgan fingerprint density at radius 3 is 2.35 bits per heavy atom. The molecular formula is C22H29N3O. The third-order valence-corrected chi connectivity index (χ3v) is 6.13. The van der Waals surface area contributed by atoms with Crippen molar-refractivity contribution in [2.75, 3.05) is 33.3 Å². The lowest BCUT2D eigenvalue weighted by Crippen LogP contribution is -2.41. The maximum absolute atomic E-state index is 5.36. The zero-order chi connectivity index (χ0) is 17.8. The van der Waals surface area contributed by atoms with Crippen molar-refractivity contribution < 1.29 is 4.74 Å². The minimum absolute atomic E-state index is 0.535. The van der Waals surface area contributed by atoms with Gasteiger partial charge in [0.25, 0.3) is 0 Å². The van der Waals surface area contributed by atoms with Crippen LogP contribution in [0.5, 0.6) is 5.75 Å². The van der Waals surface area contributed by atoms with Gasteiger partial charge >= 0.3 is 0 Å². The highest BCUT2D eigenvalue weighted by Crippen LogP contribution is 2.41. The van der Waals surface area contributed by atoms with Crippen LogP contribution >= 0.6 is 0 Å². The molecule has 4 rings (SSSR count). The summed E-state index contributed by atoms with van der Waals surface area (Å²) in [5.74, 6) is 0.959. The minimum Gasteiger partial charge on any atom is -0.497 e. The van der Waals surface area contributed by atoms with Gasteiger partial charge in [-0.3, -0.25) is 14.8 Å². The van der Waals surface area contributed by atoms with Gasteiger partial charge in [0.1, 0.15) is 5.75 Å². The molecule has 2 aromatic rings. The third-order valence-electron chi connectivity index (χ3n) is 6.13. The van der Waals surface area contributed by atoms with E-state index < -0.39 is 0 Å². The number of likely N-dealkylation sites (tertiary alicyclic amines) is 2. The Kier molecular flexibility index (Phi) is 5.23. The summed E-state index contributed by atoms with van der Waals surface area (Å²) in [6.45, 7) is 7.01. The first-order chi connectivity index (χ1) is 12.7. The first-order valence-electron chi connectivity index (χ1n) is 9.71. The normalized spacial score (nSPS) is 20.5. The molecule has 0 amide bonds. The molecule has 3 heterocycles. The van der Waals surface area contributed by atoms with E-state index in [9.17, 15) is 0 Å². The van der Waals surface area contributed by atoms with Gasteiger partial charge in [-0.2, -0.15) is 0 Å². The Balaban J connectivity index is 1.29. The monoisotopic (exact) mass is 351 g/mol. The molecule has 0 N–H and O–H groups in total. The van der Waals surface area contributed by atoms with Gasteiger partial charge in [0.15, 0.2) is 0 Å². The summed E-state index contributed by atoms with van der Waals surface area (Å²) in [7, 11) is 1.74. The number of piperidine rings is 1. The van der Waals surface area contributed by atoms with Gasteiger partial charge in [0, 0.05) is 32.0 Å². The molecule has 0 atom stereocenters. The summed E-state index contributed by atoms with van der Waals surface area (Å²) >= 11 is 0. The minimum atomic E-state index is 0.535. The maximum atomic E-state index is 5.36. The molecule has 4 heteroatoms. The number of pyridine rings is 1. The van der Waals surface area contributed by atoms with Gasteiger partial charge in [-0.15, -0.1) is 0 Å². The molecule has 1 aromatic heterocycles. The molecule has 26 heavy (non-hydrogen) atoms. The Morgan fingerprint density at radius 2 is 1.62 bits per heavy atom. The third kappa shape index (κ3) is 4.08. The van der Waals surface area contributed by atoms with E-state index in [0.717, 1.165) is 18.8 Å². The summed E-state index contributed by atoms with van der Waals surface area (Å²) in [5.41, 5.74) is 3.27. The smallest absolute Gasteiger partial charge is 0.119 e. The predicted molar refractivity (Wildman–Crippen MR) is 104 cm³/mol. The lowest BCUT2D eigenvalue weighted by Gasteiger charge is -2.39. The number of nitrogens with zero attached hydrogens (tertiary/aromatic N) is 3. The van der Waals surface area contributed by atoms with Crippen LogP contribution in [0.3, 0.4) is 0 Å². The van der Waals surface area contributed by atoms with E-state index in [1.807, 2.05) is 18.5 Å². The molecule has 0 radical (unpaired) electrons. The van der Waals surface area contributed by atoms with Crippen molar-refractivity contribution in [3.63, 3.8) is 0 Å². The van der Waals surface area contributed by atoms with E-state index in [1.54, 1.807) is 7.11 Å². The molecule has 0 aliphatic carbocycles. The molecule has 138 valence electrons. The number of methoxy groups -OCH3 is 1. The summed E-state index contributed by atoms with van der Waals surface area (Å²) in [6.07, 6.45) is 7.79. The van der Waals surface area contributed by atoms with E-state index in [1.165, 1.54) is 56.6 Å². The second-order valence-electron chi connectivity index (χ2n) is 7.94. The van der Waals surface area contributed by atoms with E-state index in [-0.39, 0.29) is 0 Å². The van der Waals surface area contributed by atoms with Crippen LogP contribution in [0.25, 0.3) is 0 Å². The van der Waals surface area contributed by atoms with E-state index >= 15 is 0 Å². The highest BCUT2D eigenvalue weighted by Gasteiger charge is 2.40. The van der Waals surface area contributed by atoms with Gasteiger partial charge in [-0.25, -0.2) is 0 Å². The molecule has 1 aromatic carbocycles. The fourth-order valence-electron chi connectivity index (χ4n) is 4.53. The van der Waals surface area contributed by atoms with Crippen molar-refractivity contribution in [3.05, 3.63) is 59.9 Å².